The van der Waals surface area contributed by atoms with E-state index in [0.717, 1.165) is 54.7 Å². The van der Waals surface area contributed by atoms with E-state index in [9.17, 15) is 4.79 Å². The predicted molar refractivity (Wildman–Crippen MR) is 115 cm³/mol. The second-order valence-electron chi connectivity index (χ2n) is 5.93. The first-order chi connectivity index (χ1) is 11.1. The van der Waals surface area contributed by atoms with Crippen molar-refractivity contribution in [3.05, 3.63) is 45.9 Å². The number of carbonyl (C=O) groups excluding carboxylic acids is 1. The highest BCUT2D eigenvalue weighted by Crippen LogP contribution is 2.13. The van der Waals surface area contributed by atoms with Crippen LogP contribution >= 0.6 is 48.6 Å². The van der Waals surface area contributed by atoms with E-state index in [1.807, 2.05) is 36.1 Å². The molecule has 1 fully saturated rings. The number of piperazine rings is 1. The standard InChI is InChI=1S/C17H22N4OS.3ClH/c1-13-19-16(12-23-13)11-20-6-8-21(9-7-20)17(22)10-14-2-4-15(18)5-3-14;;;/h2-5,12H,6-11,18H2,1H3;3*1H. The monoisotopic (exact) mass is 438 g/mol. The molecule has 2 aromatic rings. The zero-order valence-corrected chi connectivity index (χ0v) is 17.9. The Hall–Kier alpha value is -1.05. The van der Waals surface area contributed by atoms with Crippen LogP contribution in [0.3, 0.4) is 0 Å². The minimum atomic E-state index is 0. The molecule has 0 unspecified atom stereocenters. The first-order valence-corrected chi connectivity index (χ1v) is 8.73. The lowest BCUT2D eigenvalue weighted by atomic mass is 10.1. The second-order valence-corrected chi connectivity index (χ2v) is 7.00. The third-order valence-electron chi connectivity index (χ3n) is 4.11. The maximum atomic E-state index is 12.4. The first kappa shape index (κ1) is 24.9. The van der Waals surface area contributed by atoms with Gasteiger partial charge in [0.05, 0.1) is 17.1 Å². The highest BCUT2D eigenvalue weighted by Gasteiger charge is 2.21. The number of benzene rings is 1. The fraction of sp³-hybridized carbons (Fsp3) is 0.412. The predicted octanol–water partition coefficient (Wildman–Crippen LogP) is 3.19. The zero-order valence-electron chi connectivity index (χ0n) is 14.6. The quantitative estimate of drug-likeness (QED) is 0.743. The van der Waals surface area contributed by atoms with E-state index >= 15 is 0 Å². The zero-order chi connectivity index (χ0) is 16.2. The molecule has 0 spiro atoms. The van der Waals surface area contributed by atoms with Crippen molar-refractivity contribution in [1.82, 2.24) is 14.8 Å². The molecule has 1 saturated heterocycles. The molecule has 1 amide bonds. The third kappa shape index (κ3) is 6.93. The van der Waals surface area contributed by atoms with Crippen LogP contribution in [0, 0.1) is 6.92 Å². The van der Waals surface area contributed by atoms with E-state index < -0.39 is 0 Å². The molecule has 3 rings (SSSR count). The van der Waals surface area contributed by atoms with Crippen molar-refractivity contribution in [3.63, 3.8) is 0 Å². The van der Waals surface area contributed by atoms with Gasteiger partial charge in [-0.2, -0.15) is 0 Å². The van der Waals surface area contributed by atoms with Gasteiger partial charge in [0.2, 0.25) is 5.91 Å². The van der Waals surface area contributed by atoms with Gasteiger partial charge < -0.3 is 10.6 Å². The number of nitrogens with zero attached hydrogens (tertiary/aromatic N) is 3. The summed E-state index contributed by atoms with van der Waals surface area (Å²) < 4.78 is 0. The molecule has 1 aliphatic rings. The summed E-state index contributed by atoms with van der Waals surface area (Å²) in [4.78, 5) is 21.2. The van der Waals surface area contributed by atoms with Crippen molar-refractivity contribution in [2.45, 2.75) is 19.9 Å². The van der Waals surface area contributed by atoms with E-state index in [1.54, 1.807) is 11.3 Å². The molecule has 1 aromatic heterocycles. The summed E-state index contributed by atoms with van der Waals surface area (Å²) in [5.74, 6) is 0.193. The van der Waals surface area contributed by atoms with E-state index in [1.165, 1.54) is 0 Å². The van der Waals surface area contributed by atoms with Crippen molar-refractivity contribution in [1.29, 1.82) is 0 Å². The van der Waals surface area contributed by atoms with E-state index in [0.29, 0.717) is 6.42 Å². The lowest BCUT2D eigenvalue weighted by Gasteiger charge is -2.34. The van der Waals surface area contributed by atoms with Gasteiger partial charge in [0.15, 0.2) is 0 Å². The molecule has 2 N–H and O–H groups in total. The molecule has 1 aliphatic heterocycles. The molecule has 146 valence electrons. The molecule has 5 nitrogen and oxygen atoms in total. The van der Waals surface area contributed by atoms with Crippen LogP contribution in [0.5, 0.6) is 0 Å². The van der Waals surface area contributed by atoms with Gasteiger partial charge in [-0.25, -0.2) is 4.98 Å². The Morgan fingerprint density at radius 1 is 1.12 bits per heavy atom. The van der Waals surface area contributed by atoms with Gasteiger partial charge in [-0.1, -0.05) is 12.1 Å². The highest BCUT2D eigenvalue weighted by atomic mass is 35.5. The van der Waals surface area contributed by atoms with Crippen LogP contribution in [0.1, 0.15) is 16.3 Å². The second kappa shape index (κ2) is 11.6. The lowest BCUT2D eigenvalue weighted by molar-refractivity contribution is -0.132. The Bertz CT molecular complexity index is 673. The highest BCUT2D eigenvalue weighted by molar-refractivity contribution is 7.09. The largest absolute Gasteiger partial charge is 0.399 e. The molecule has 26 heavy (non-hydrogen) atoms. The van der Waals surface area contributed by atoms with Crippen molar-refractivity contribution < 1.29 is 4.79 Å². The molecular weight excluding hydrogens is 415 g/mol. The summed E-state index contributed by atoms with van der Waals surface area (Å²) in [6.07, 6.45) is 0.450. The van der Waals surface area contributed by atoms with Gasteiger partial charge in [-0.05, 0) is 24.6 Å². The van der Waals surface area contributed by atoms with E-state index in [2.05, 4.69) is 15.3 Å². The third-order valence-corrected chi connectivity index (χ3v) is 4.93. The van der Waals surface area contributed by atoms with Crippen molar-refractivity contribution >= 4 is 60.2 Å². The van der Waals surface area contributed by atoms with Gasteiger partial charge >= 0.3 is 0 Å². The number of rotatable bonds is 4. The molecule has 0 saturated carbocycles. The molecule has 0 aliphatic carbocycles. The minimum absolute atomic E-state index is 0. The summed E-state index contributed by atoms with van der Waals surface area (Å²) in [6.45, 7) is 6.30. The Morgan fingerprint density at radius 2 is 1.73 bits per heavy atom. The first-order valence-electron chi connectivity index (χ1n) is 7.86. The number of nitrogens with two attached hydrogens (primary N) is 1. The number of carbonyl (C=O) groups is 1. The number of nitrogen functional groups attached to an aromatic ring is 1. The average molecular weight is 440 g/mol. The molecule has 0 radical (unpaired) electrons. The Balaban J connectivity index is 0.00000208. The van der Waals surface area contributed by atoms with Gasteiger partial charge in [-0.15, -0.1) is 48.6 Å². The Morgan fingerprint density at radius 3 is 2.27 bits per heavy atom. The maximum absolute atomic E-state index is 12.4. The fourth-order valence-electron chi connectivity index (χ4n) is 2.79. The number of halogens is 3. The Labute approximate surface area is 177 Å². The molecule has 2 heterocycles. The van der Waals surface area contributed by atoms with Crippen molar-refractivity contribution in [2.75, 3.05) is 31.9 Å². The Kier molecular flexibility index (Phi) is 11.1. The van der Waals surface area contributed by atoms with Crippen molar-refractivity contribution in [2.24, 2.45) is 0 Å². The SMILES string of the molecule is Cc1nc(CN2CCN(C(=O)Cc3ccc(N)cc3)CC2)cs1.Cl.Cl.Cl. The lowest BCUT2D eigenvalue weighted by Crippen LogP contribution is -2.48. The van der Waals surface area contributed by atoms with Crippen LogP contribution in [0.15, 0.2) is 29.6 Å². The summed E-state index contributed by atoms with van der Waals surface area (Å²) in [5.41, 5.74) is 8.56. The topological polar surface area (TPSA) is 62.5 Å². The summed E-state index contributed by atoms with van der Waals surface area (Å²) in [6, 6.07) is 7.54. The fourth-order valence-corrected chi connectivity index (χ4v) is 3.39. The van der Waals surface area contributed by atoms with E-state index in [-0.39, 0.29) is 43.1 Å². The smallest absolute Gasteiger partial charge is 0.227 e. The van der Waals surface area contributed by atoms with Crippen LogP contribution < -0.4 is 5.73 Å². The van der Waals surface area contributed by atoms with Crippen LogP contribution in [0.4, 0.5) is 5.69 Å². The van der Waals surface area contributed by atoms with Crippen LogP contribution in [0.2, 0.25) is 0 Å². The molecule has 9 heteroatoms. The number of anilines is 1. The van der Waals surface area contributed by atoms with Gasteiger partial charge in [0.1, 0.15) is 0 Å². The van der Waals surface area contributed by atoms with Gasteiger partial charge in [0, 0.05) is 43.8 Å². The van der Waals surface area contributed by atoms with Crippen molar-refractivity contribution in [3.8, 4) is 0 Å². The minimum Gasteiger partial charge on any atom is -0.399 e. The number of hydrogen-bond donors (Lipinski definition) is 1. The maximum Gasteiger partial charge on any atom is 0.227 e. The summed E-state index contributed by atoms with van der Waals surface area (Å²) in [7, 11) is 0. The number of hydrogen-bond acceptors (Lipinski definition) is 5. The van der Waals surface area contributed by atoms with Crippen LogP contribution in [0.25, 0.3) is 0 Å². The molecular formula is C17H25Cl3N4OS. The normalized spacial score (nSPS) is 14.0. The molecule has 1 aromatic carbocycles. The van der Waals surface area contributed by atoms with Gasteiger partial charge in [0.25, 0.3) is 0 Å². The van der Waals surface area contributed by atoms with Gasteiger partial charge in [-0.3, -0.25) is 9.69 Å². The molecule has 0 bridgehead atoms. The number of thiazole rings is 1. The summed E-state index contributed by atoms with van der Waals surface area (Å²) in [5, 5.41) is 3.23. The number of amides is 1. The average Bonchev–Trinajstić information content (AvgIpc) is 2.95. The number of aromatic nitrogens is 1. The number of aryl methyl sites for hydroxylation is 1. The van der Waals surface area contributed by atoms with Crippen LogP contribution in [-0.4, -0.2) is 46.9 Å². The van der Waals surface area contributed by atoms with Crippen LogP contribution in [-0.2, 0) is 17.8 Å². The summed E-state index contributed by atoms with van der Waals surface area (Å²) >= 11 is 1.69. The molecule has 0 atom stereocenters. The van der Waals surface area contributed by atoms with E-state index in [4.69, 9.17) is 5.73 Å².